The third-order valence-corrected chi connectivity index (χ3v) is 2.40. The van der Waals surface area contributed by atoms with Crippen molar-refractivity contribution in [3.63, 3.8) is 0 Å². The van der Waals surface area contributed by atoms with Crippen molar-refractivity contribution in [2.75, 3.05) is 0 Å². The molecule has 0 radical (unpaired) electrons. The average molecular weight is 208 g/mol. The lowest BCUT2D eigenvalue weighted by atomic mass is 9.96. The molecule has 78 valence electrons. The topological polar surface area (TPSA) is 43.4 Å². The molecular formula is C11H9FO3. The van der Waals surface area contributed by atoms with Crippen LogP contribution in [0.25, 0.3) is 0 Å². The molecule has 1 atom stereocenters. The van der Waals surface area contributed by atoms with E-state index >= 15 is 0 Å². The number of cyclic esters (lactones) is 2. The van der Waals surface area contributed by atoms with Gasteiger partial charge in [-0.05, 0) is 18.6 Å². The zero-order valence-corrected chi connectivity index (χ0v) is 8.12. The number of benzene rings is 1. The van der Waals surface area contributed by atoms with Gasteiger partial charge in [0.15, 0.2) is 0 Å². The molecule has 1 saturated heterocycles. The minimum atomic E-state index is -0.780. The lowest BCUT2D eigenvalue weighted by Crippen LogP contribution is -2.07. The average Bonchev–Trinajstić information content (AvgIpc) is 2.45. The molecule has 1 unspecified atom stereocenters. The molecule has 1 aromatic rings. The molecule has 0 aromatic heterocycles. The van der Waals surface area contributed by atoms with E-state index in [0.717, 1.165) is 5.56 Å². The fourth-order valence-corrected chi connectivity index (χ4v) is 1.63. The Balaban J connectivity index is 2.38. The Kier molecular flexibility index (Phi) is 2.26. The lowest BCUT2D eigenvalue weighted by Gasteiger charge is -2.06. The number of aryl methyl sites for hydroxylation is 1. The van der Waals surface area contributed by atoms with Gasteiger partial charge in [0.05, 0.1) is 12.3 Å². The Morgan fingerprint density at radius 3 is 2.67 bits per heavy atom. The van der Waals surface area contributed by atoms with Gasteiger partial charge < -0.3 is 4.74 Å². The molecular weight excluding hydrogens is 199 g/mol. The first-order valence-electron chi connectivity index (χ1n) is 4.58. The van der Waals surface area contributed by atoms with Crippen LogP contribution in [0.1, 0.15) is 23.5 Å². The van der Waals surface area contributed by atoms with Gasteiger partial charge in [-0.1, -0.05) is 12.1 Å². The molecule has 0 aliphatic carbocycles. The SMILES string of the molecule is Cc1ccc(C2CC(=O)OC2=O)c(F)c1. The molecule has 0 amide bonds. The smallest absolute Gasteiger partial charge is 0.321 e. The van der Waals surface area contributed by atoms with Crippen LogP contribution < -0.4 is 0 Å². The van der Waals surface area contributed by atoms with Crippen molar-refractivity contribution in [1.82, 2.24) is 0 Å². The van der Waals surface area contributed by atoms with Gasteiger partial charge in [0.1, 0.15) is 5.82 Å². The van der Waals surface area contributed by atoms with Crippen LogP contribution in [0.15, 0.2) is 18.2 Å². The molecule has 1 aromatic carbocycles. The molecule has 4 heteroatoms. The van der Waals surface area contributed by atoms with Crippen LogP contribution in [0.4, 0.5) is 4.39 Å². The summed E-state index contributed by atoms with van der Waals surface area (Å²) in [5.41, 5.74) is 1.00. The van der Waals surface area contributed by atoms with Gasteiger partial charge in [-0.3, -0.25) is 9.59 Å². The predicted molar refractivity (Wildman–Crippen MR) is 49.6 cm³/mol. The molecule has 0 N–H and O–H groups in total. The summed E-state index contributed by atoms with van der Waals surface area (Å²) in [5, 5.41) is 0. The van der Waals surface area contributed by atoms with Crippen LogP contribution in [-0.2, 0) is 14.3 Å². The second-order valence-electron chi connectivity index (χ2n) is 3.57. The predicted octanol–water partition coefficient (Wildman–Crippen LogP) is 1.69. The van der Waals surface area contributed by atoms with Crippen LogP contribution >= 0.6 is 0 Å². The number of hydrogen-bond acceptors (Lipinski definition) is 3. The molecule has 2 rings (SSSR count). The Morgan fingerprint density at radius 2 is 2.13 bits per heavy atom. The Bertz CT molecular complexity index is 439. The molecule has 3 nitrogen and oxygen atoms in total. The highest BCUT2D eigenvalue weighted by Crippen LogP contribution is 2.29. The maximum absolute atomic E-state index is 13.5. The van der Waals surface area contributed by atoms with Crippen molar-refractivity contribution in [3.8, 4) is 0 Å². The van der Waals surface area contributed by atoms with Gasteiger partial charge >= 0.3 is 11.9 Å². The minimum Gasteiger partial charge on any atom is -0.393 e. The summed E-state index contributed by atoms with van der Waals surface area (Å²) in [6.45, 7) is 1.75. The fraction of sp³-hybridized carbons (Fsp3) is 0.273. The van der Waals surface area contributed by atoms with Gasteiger partial charge in [0, 0.05) is 5.56 Å². The minimum absolute atomic E-state index is 0.0706. The third-order valence-electron chi connectivity index (χ3n) is 2.40. The van der Waals surface area contributed by atoms with E-state index in [0.29, 0.717) is 0 Å². The largest absolute Gasteiger partial charge is 0.393 e. The van der Waals surface area contributed by atoms with Crippen molar-refractivity contribution < 1.29 is 18.7 Å². The lowest BCUT2D eigenvalue weighted by molar-refractivity contribution is -0.152. The maximum atomic E-state index is 13.5. The first-order valence-corrected chi connectivity index (χ1v) is 4.58. The van der Waals surface area contributed by atoms with E-state index in [9.17, 15) is 14.0 Å². The second-order valence-corrected chi connectivity index (χ2v) is 3.57. The quantitative estimate of drug-likeness (QED) is 0.521. The van der Waals surface area contributed by atoms with Gasteiger partial charge in [0.2, 0.25) is 0 Å². The van der Waals surface area contributed by atoms with Crippen molar-refractivity contribution in [1.29, 1.82) is 0 Å². The van der Waals surface area contributed by atoms with E-state index in [1.165, 1.54) is 12.1 Å². The van der Waals surface area contributed by atoms with E-state index in [2.05, 4.69) is 4.74 Å². The molecule has 0 saturated carbocycles. The molecule has 0 spiro atoms. The van der Waals surface area contributed by atoms with Crippen molar-refractivity contribution in [2.24, 2.45) is 0 Å². The molecule has 0 bridgehead atoms. The third kappa shape index (κ3) is 1.75. The summed E-state index contributed by atoms with van der Waals surface area (Å²) < 4.78 is 17.9. The standard InChI is InChI=1S/C11H9FO3/c1-6-2-3-7(9(12)4-6)8-5-10(13)15-11(8)14/h2-4,8H,5H2,1H3. The monoisotopic (exact) mass is 208 g/mol. The number of hydrogen-bond donors (Lipinski definition) is 0. The molecule has 1 heterocycles. The molecule has 15 heavy (non-hydrogen) atoms. The van der Waals surface area contributed by atoms with Crippen LogP contribution in [0.3, 0.4) is 0 Å². The summed E-state index contributed by atoms with van der Waals surface area (Å²) in [7, 11) is 0. The number of ether oxygens (including phenoxy) is 1. The van der Waals surface area contributed by atoms with Gasteiger partial charge in [0.25, 0.3) is 0 Å². The summed E-state index contributed by atoms with van der Waals surface area (Å²) in [4.78, 5) is 22.1. The van der Waals surface area contributed by atoms with Crippen molar-refractivity contribution >= 4 is 11.9 Å². The Hall–Kier alpha value is -1.71. The summed E-state index contributed by atoms with van der Waals surface area (Å²) in [6.07, 6.45) is -0.0706. The number of rotatable bonds is 1. The van der Waals surface area contributed by atoms with Gasteiger partial charge in [-0.2, -0.15) is 0 Å². The van der Waals surface area contributed by atoms with Gasteiger partial charge in [-0.25, -0.2) is 4.39 Å². The number of carbonyl (C=O) groups is 2. The first kappa shape index (κ1) is 9.83. The normalized spacial score (nSPS) is 20.5. The maximum Gasteiger partial charge on any atom is 0.321 e. The summed E-state index contributed by atoms with van der Waals surface area (Å²) >= 11 is 0. The summed E-state index contributed by atoms with van der Waals surface area (Å²) in [5.74, 6) is -2.50. The van der Waals surface area contributed by atoms with Crippen LogP contribution in [0, 0.1) is 12.7 Å². The highest BCUT2D eigenvalue weighted by Gasteiger charge is 2.36. The molecule has 1 aliphatic heterocycles. The highest BCUT2D eigenvalue weighted by atomic mass is 19.1. The van der Waals surface area contributed by atoms with Crippen molar-refractivity contribution in [3.05, 3.63) is 35.1 Å². The Labute approximate surface area is 85.9 Å². The van der Waals surface area contributed by atoms with Crippen LogP contribution in [-0.4, -0.2) is 11.9 Å². The first-order chi connectivity index (χ1) is 7.08. The van der Waals surface area contributed by atoms with E-state index in [1.807, 2.05) is 0 Å². The molecule has 1 aliphatic rings. The van der Waals surface area contributed by atoms with Gasteiger partial charge in [-0.15, -0.1) is 0 Å². The second kappa shape index (κ2) is 3.46. The summed E-state index contributed by atoms with van der Waals surface area (Å²) in [6, 6.07) is 4.56. The van der Waals surface area contributed by atoms with Crippen molar-refractivity contribution in [2.45, 2.75) is 19.3 Å². The van der Waals surface area contributed by atoms with E-state index in [1.54, 1.807) is 13.0 Å². The van der Waals surface area contributed by atoms with E-state index < -0.39 is 23.7 Å². The van der Waals surface area contributed by atoms with E-state index in [-0.39, 0.29) is 12.0 Å². The fourth-order valence-electron chi connectivity index (χ4n) is 1.63. The van der Waals surface area contributed by atoms with Crippen LogP contribution in [0.5, 0.6) is 0 Å². The van der Waals surface area contributed by atoms with Crippen LogP contribution in [0.2, 0.25) is 0 Å². The molecule has 1 fully saturated rings. The highest BCUT2D eigenvalue weighted by molar-refractivity contribution is 5.97. The Morgan fingerprint density at radius 1 is 1.40 bits per heavy atom. The zero-order valence-electron chi connectivity index (χ0n) is 8.12. The number of halogens is 1. The zero-order chi connectivity index (χ0) is 11.0. The van der Waals surface area contributed by atoms with E-state index in [4.69, 9.17) is 0 Å². The number of esters is 2. The number of carbonyl (C=O) groups excluding carboxylic acids is 2.